The van der Waals surface area contributed by atoms with Crippen LogP contribution in [0.1, 0.15) is 43.1 Å². The van der Waals surface area contributed by atoms with Gasteiger partial charge in [0.15, 0.2) is 0 Å². The van der Waals surface area contributed by atoms with Gasteiger partial charge in [0.05, 0.1) is 25.3 Å². The number of methoxy groups -OCH3 is 1. The molecule has 0 saturated carbocycles. The number of ether oxygens (including phenoxy) is 1. The van der Waals surface area contributed by atoms with Gasteiger partial charge in [0.2, 0.25) is 0 Å². The Hall–Kier alpha value is -5.04. The fraction of sp³-hybridized carbons (Fsp3) is 0.148. The first kappa shape index (κ1) is 29.5. The Bertz CT molecular complexity index is 1580. The largest absolute Gasteiger partial charge is 0.469 e. The molecule has 0 atom stereocenters. The summed E-state index contributed by atoms with van der Waals surface area (Å²) in [5.74, 6) is -3.09. The summed E-state index contributed by atoms with van der Waals surface area (Å²) in [4.78, 5) is 50.1. The van der Waals surface area contributed by atoms with Crippen LogP contribution in [0, 0.1) is 5.41 Å². The van der Waals surface area contributed by atoms with Crippen molar-refractivity contribution in [2.45, 2.75) is 6.42 Å². The summed E-state index contributed by atoms with van der Waals surface area (Å²) in [7, 11) is -3.00. The number of carbonyl (C=O) groups excluding carboxylic acids is 4. The van der Waals surface area contributed by atoms with Crippen molar-refractivity contribution < 1.29 is 36.5 Å². The highest BCUT2D eigenvalue weighted by atomic mass is 32.2. The van der Waals surface area contributed by atoms with Crippen LogP contribution in [0.2, 0.25) is 0 Å². The molecule has 13 heteroatoms. The van der Waals surface area contributed by atoms with Gasteiger partial charge in [-0.15, -0.1) is 0 Å². The lowest BCUT2D eigenvalue weighted by atomic mass is 9.93. The van der Waals surface area contributed by atoms with Gasteiger partial charge in [-0.25, -0.2) is 4.79 Å². The van der Waals surface area contributed by atoms with Crippen molar-refractivity contribution in [1.82, 2.24) is 5.32 Å². The van der Waals surface area contributed by atoms with Crippen molar-refractivity contribution in [2.75, 3.05) is 25.2 Å². The minimum atomic E-state index is -4.21. The lowest BCUT2D eigenvalue weighted by molar-refractivity contribution is -0.140. The predicted molar refractivity (Wildman–Crippen MR) is 147 cm³/mol. The Morgan fingerprint density at radius 1 is 0.875 bits per heavy atom. The van der Waals surface area contributed by atoms with Crippen LogP contribution in [0.4, 0.5) is 5.69 Å². The van der Waals surface area contributed by atoms with Gasteiger partial charge in [0.25, 0.3) is 11.8 Å². The lowest BCUT2D eigenvalue weighted by Crippen LogP contribution is -2.26. The zero-order chi connectivity index (χ0) is 29.4. The van der Waals surface area contributed by atoms with Crippen molar-refractivity contribution >= 4 is 45.4 Å². The molecule has 2 amide bonds. The molecule has 0 aliphatic rings. The highest BCUT2D eigenvalue weighted by molar-refractivity contribution is 7.86. The van der Waals surface area contributed by atoms with Crippen LogP contribution in [0.15, 0.2) is 66.7 Å². The maximum Gasteiger partial charge on any atom is 0.354 e. The Morgan fingerprint density at radius 2 is 1.50 bits per heavy atom. The quantitative estimate of drug-likeness (QED) is 0.123. The Morgan fingerprint density at radius 3 is 2.12 bits per heavy atom. The summed E-state index contributed by atoms with van der Waals surface area (Å²) in [6.07, 6.45) is 0.621. The Labute approximate surface area is 230 Å². The summed E-state index contributed by atoms with van der Waals surface area (Å²) >= 11 is 0. The molecule has 0 radical (unpaired) electrons. The fourth-order valence-electron chi connectivity index (χ4n) is 3.60. The third-order valence-corrected chi connectivity index (χ3v) is 5.94. The van der Waals surface area contributed by atoms with Crippen molar-refractivity contribution in [2.24, 2.45) is 5.73 Å². The normalized spacial score (nSPS) is 10.8. The number of amidine groups is 1. The average Bonchev–Trinajstić information content (AvgIpc) is 2.91. The number of hydrogen-bond donors (Lipinski definition) is 4. The van der Waals surface area contributed by atoms with Crippen LogP contribution in [0.5, 0.6) is 0 Å². The van der Waals surface area contributed by atoms with Crippen LogP contribution in [-0.2, 0) is 23.8 Å². The van der Waals surface area contributed by atoms with E-state index in [0.29, 0.717) is 17.5 Å². The number of rotatable bonds is 10. The number of nitrogen functional groups attached to an aromatic ring is 1. The third kappa shape index (κ3) is 7.74. The number of esters is 1. The average molecular weight is 567 g/mol. The molecule has 208 valence electrons. The second kappa shape index (κ2) is 12.7. The summed E-state index contributed by atoms with van der Waals surface area (Å²) < 4.78 is 32.5. The van der Waals surface area contributed by atoms with Gasteiger partial charge in [-0.05, 0) is 53.6 Å². The van der Waals surface area contributed by atoms with Gasteiger partial charge in [0, 0.05) is 28.9 Å². The van der Waals surface area contributed by atoms with Gasteiger partial charge in [0.1, 0.15) is 5.84 Å². The van der Waals surface area contributed by atoms with Crippen LogP contribution >= 0.6 is 0 Å². The highest BCUT2D eigenvalue weighted by Gasteiger charge is 2.23. The molecule has 3 rings (SSSR count). The van der Waals surface area contributed by atoms with E-state index >= 15 is 0 Å². The molecule has 0 bridgehead atoms. The third-order valence-electron chi connectivity index (χ3n) is 5.49. The van der Waals surface area contributed by atoms with Gasteiger partial charge < -0.3 is 25.3 Å². The maximum absolute atomic E-state index is 13.2. The minimum absolute atomic E-state index is 0.0124. The van der Waals surface area contributed by atoms with E-state index in [1.54, 1.807) is 42.5 Å². The van der Waals surface area contributed by atoms with Gasteiger partial charge in [-0.1, -0.05) is 24.3 Å². The van der Waals surface area contributed by atoms with Gasteiger partial charge >= 0.3 is 22.1 Å². The summed E-state index contributed by atoms with van der Waals surface area (Å²) in [5.41, 5.74) is 6.60. The molecule has 0 aromatic heterocycles. The molecule has 3 aromatic carbocycles. The van der Waals surface area contributed by atoms with E-state index in [2.05, 4.69) is 19.6 Å². The number of carbonyl (C=O) groups is 4. The first-order chi connectivity index (χ1) is 18.9. The van der Waals surface area contributed by atoms with E-state index in [1.165, 1.54) is 25.3 Å². The second-order valence-electron chi connectivity index (χ2n) is 8.41. The number of nitrogens with two attached hydrogens (primary N) is 1. The smallest absolute Gasteiger partial charge is 0.354 e. The molecule has 5 N–H and O–H groups in total. The molecule has 12 nitrogen and oxygen atoms in total. The number of amides is 2. The van der Waals surface area contributed by atoms with Crippen molar-refractivity contribution in [3.05, 3.63) is 89.0 Å². The number of nitrogens with one attached hydrogen (secondary N) is 3. The van der Waals surface area contributed by atoms with E-state index in [9.17, 15) is 27.6 Å². The SMILES string of the molecule is COC(=O)CCNC(=O)c1ccc(-c2ccccc2C(=O)Nc2ccc(C(=N)N)cc2)c(C(=O)OS(C)(=O)=O)c1. The lowest BCUT2D eigenvalue weighted by Gasteiger charge is -2.15. The number of benzene rings is 3. The monoisotopic (exact) mass is 566 g/mol. The Balaban J connectivity index is 2.00. The predicted octanol–water partition coefficient (Wildman–Crippen LogP) is 2.30. The van der Waals surface area contributed by atoms with E-state index < -0.39 is 33.9 Å². The molecule has 0 unspecified atom stereocenters. The Kier molecular flexibility index (Phi) is 9.35. The number of hydrogen-bond acceptors (Lipinski definition) is 9. The zero-order valence-corrected chi connectivity index (χ0v) is 22.3. The van der Waals surface area contributed by atoms with E-state index in [1.807, 2.05) is 0 Å². The summed E-state index contributed by atoms with van der Waals surface area (Å²) in [6, 6.07) is 16.5. The standard InChI is InChI=1S/C27H26N4O8S/c1-38-23(32)13-14-30-25(33)17-9-12-20(22(15-17)27(35)39-40(2,36)37)19-5-3-4-6-21(19)26(34)31-18-10-7-16(8-11-18)24(28)29/h3-12,15H,13-14H2,1-2H3,(H3,28,29)(H,30,33)(H,31,34). The van der Waals surface area contributed by atoms with Crippen LogP contribution in [0.25, 0.3) is 11.1 Å². The van der Waals surface area contributed by atoms with E-state index in [0.717, 1.165) is 6.07 Å². The summed E-state index contributed by atoms with van der Waals surface area (Å²) in [6.45, 7) is -0.0349. The van der Waals surface area contributed by atoms with Crippen molar-refractivity contribution in [3.63, 3.8) is 0 Å². The van der Waals surface area contributed by atoms with Crippen LogP contribution in [0.3, 0.4) is 0 Å². The minimum Gasteiger partial charge on any atom is -0.469 e. The second-order valence-corrected chi connectivity index (χ2v) is 9.98. The first-order valence-electron chi connectivity index (χ1n) is 11.7. The van der Waals surface area contributed by atoms with E-state index in [-0.39, 0.29) is 46.6 Å². The maximum atomic E-state index is 13.2. The first-order valence-corrected chi connectivity index (χ1v) is 13.5. The molecule has 0 aliphatic carbocycles. The van der Waals surface area contributed by atoms with Crippen molar-refractivity contribution in [3.8, 4) is 11.1 Å². The molecule has 0 saturated heterocycles. The highest BCUT2D eigenvalue weighted by Crippen LogP contribution is 2.30. The molecule has 0 heterocycles. The zero-order valence-electron chi connectivity index (χ0n) is 21.5. The van der Waals surface area contributed by atoms with Crippen LogP contribution < -0.4 is 16.4 Å². The van der Waals surface area contributed by atoms with Crippen LogP contribution in [-0.4, -0.2) is 57.9 Å². The van der Waals surface area contributed by atoms with E-state index in [4.69, 9.17) is 11.1 Å². The molecule has 0 spiro atoms. The summed E-state index contributed by atoms with van der Waals surface area (Å²) in [5, 5.41) is 12.7. The van der Waals surface area contributed by atoms with Gasteiger partial charge in [-0.2, -0.15) is 8.42 Å². The topological polar surface area (TPSA) is 195 Å². The fourth-order valence-corrected chi connectivity index (χ4v) is 3.97. The van der Waals surface area contributed by atoms with Crippen molar-refractivity contribution in [1.29, 1.82) is 5.41 Å². The molecule has 0 aliphatic heterocycles. The molecular weight excluding hydrogens is 540 g/mol. The molecule has 3 aromatic rings. The molecule has 0 fully saturated rings. The van der Waals surface area contributed by atoms with Gasteiger partial charge in [-0.3, -0.25) is 19.8 Å². The number of anilines is 1. The molecule has 40 heavy (non-hydrogen) atoms. The molecular formula is C27H26N4O8S.